The van der Waals surface area contributed by atoms with Gasteiger partial charge in [0.2, 0.25) is 0 Å². The number of hydrogen-bond donors (Lipinski definition) is 1. The lowest BCUT2D eigenvalue weighted by molar-refractivity contribution is 0.325. The molecule has 1 N–H and O–H groups in total. The van der Waals surface area contributed by atoms with Crippen LogP contribution in [0.1, 0.15) is 5.56 Å². The molecule has 1 aromatic carbocycles. The first kappa shape index (κ1) is 9.55. The maximum absolute atomic E-state index is 5.93. The molecule has 0 bridgehead atoms. The normalized spacial score (nSPS) is 15.8. The van der Waals surface area contributed by atoms with Gasteiger partial charge < -0.3 is 10.1 Å². The Kier molecular flexibility index (Phi) is 2.96. The van der Waals surface area contributed by atoms with Crippen LogP contribution in [0.25, 0.3) is 0 Å². The maximum atomic E-state index is 5.93. The predicted octanol–water partition coefficient (Wildman–Crippen LogP) is 2.43. The highest BCUT2D eigenvalue weighted by Gasteiger charge is 2.12. The monoisotopic (exact) mass is 309 g/mol. The highest BCUT2D eigenvalue weighted by atomic mass is 127. The second kappa shape index (κ2) is 4.02. The van der Waals surface area contributed by atoms with Crippen molar-refractivity contribution in [2.24, 2.45) is 0 Å². The molecule has 0 aromatic heterocycles. The summed E-state index contributed by atoms with van der Waals surface area (Å²) in [4.78, 5) is 0. The number of nitrogens with one attached hydrogen (secondary N) is 1. The lowest BCUT2D eigenvalue weighted by atomic mass is 10.2. The van der Waals surface area contributed by atoms with Gasteiger partial charge in [-0.15, -0.1) is 0 Å². The van der Waals surface area contributed by atoms with Crippen molar-refractivity contribution in [1.29, 1.82) is 0 Å². The molecule has 0 amide bonds. The summed E-state index contributed by atoms with van der Waals surface area (Å²) in [6.07, 6.45) is 0. The number of benzene rings is 1. The van der Waals surface area contributed by atoms with E-state index < -0.39 is 0 Å². The van der Waals surface area contributed by atoms with Crippen molar-refractivity contribution in [3.63, 3.8) is 0 Å². The van der Waals surface area contributed by atoms with Crippen LogP contribution in [0, 0.1) is 3.57 Å². The number of halogens is 2. The van der Waals surface area contributed by atoms with E-state index in [1.807, 2.05) is 12.1 Å². The van der Waals surface area contributed by atoms with E-state index in [-0.39, 0.29) is 0 Å². The molecule has 13 heavy (non-hydrogen) atoms. The molecule has 4 heteroatoms. The zero-order valence-corrected chi connectivity index (χ0v) is 9.85. The molecule has 1 aliphatic rings. The first-order chi connectivity index (χ1) is 6.27. The van der Waals surface area contributed by atoms with Crippen LogP contribution in [-0.2, 0) is 6.54 Å². The van der Waals surface area contributed by atoms with E-state index in [9.17, 15) is 0 Å². The minimum atomic E-state index is 0.712. The third kappa shape index (κ3) is 2.08. The van der Waals surface area contributed by atoms with Gasteiger partial charge in [0.15, 0.2) is 0 Å². The molecule has 1 aromatic rings. The lowest BCUT2D eigenvalue weighted by Gasteiger charge is -2.08. The van der Waals surface area contributed by atoms with Crippen LogP contribution in [0.15, 0.2) is 12.1 Å². The number of hydrogen-bond acceptors (Lipinski definition) is 2. The maximum Gasteiger partial charge on any atom is 0.126 e. The third-order valence-electron chi connectivity index (χ3n) is 1.96. The summed E-state index contributed by atoms with van der Waals surface area (Å²) in [6, 6.07) is 3.84. The fraction of sp³-hybridized carbons (Fsp3) is 0.333. The van der Waals surface area contributed by atoms with Crippen molar-refractivity contribution in [1.82, 2.24) is 5.32 Å². The summed E-state index contributed by atoms with van der Waals surface area (Å²) >= 11 is 8.21. The minimum Gasteiger partial charge on any atom is -0.492 e. The van der Waals surface area contributed by atoms with Gasteiger partial charge >= 0.3 is 0 Å². The Morgan fingerprint density at radius 1 is 1.46 bits per heavy atom. The molecule has 0 radical (unpaired) electrons. The Labute approximate surface area is 95.7 Å². The van der Waals surface area contributed by atoms with Gasteiger partial charge in [0.05, 0.1) is 0 Å². The first-order valence-electron chi connectivity index (χ1n) is 4.09. The van der Waals surface area contributed by atoms with Gasteiger partial charge in [-0.1, -0.05) is 11.6 Å². The van der Waals surface area contributed by atoms with Crippen LogP contribution >= 0.6 is 34.2 Å². The van der Waals surface area contributed by atoms with E-state index in [0.29, 0.717) is 6.61 Å². The lowest BCUT2D eigenvalue weighted by Crippen LogP contribution is -2.16. The van der Waals surface area contributed by atoms with Crippen molar-refractivity contribution in [2.45, 2.75) is 6.54 Å². The van der Waals surface area contributed by atoms with E-state index in [4.69, 9.17) is 16.3 Å². The van der Waals surface area contributed by atoms with Gasteiger partial charge in [0.1, 0.15) is 12.4 Å². The van der Waals surface area contributed by atoms with Crippen molar-refractivity contribution in [3.8, 4) is 5.75 Å². The van der Waals surface area contributed by atoms with Gasteiger partial charge in [-0.3, -0.25) is 0 Å². The van der Waals surface area contributed by atoms with Crippen molar-refractivity contribution >= 4 is 34.2 Å². The number of rotatable bonds is 0. The summed E-state index contributed by atoms with van der Waals surface area (Å²) in [6.45, 7) is 2.47. The summed E-state index contributed by atoms with van der Waals surface area (Å²) in [7, 11) is 0. The zero-order chi connectivity index (χ0) is 9.26. The average molecular weight is 310 g/mol. The van der Waals surface area contributed by atoms with Crippen LogP contribution in [0.5, 0.6) is 5.75 Å². The summed E-state index contributed by atoms with van der Waals surface area (Å²) in [5.74, 6) is 0.918. The molecular weight excluding hydrogens is 300 g/mol. The average Bonchev–Trinajstić information content (AvgIpc) is 2.28. The second-order valence-electron chi connectivity index (χ2n) is 2.89. The van der Waals surface area contributed by atoms with Crippen LogP contribution in [-0.4, -0.2) is 13.2 Å². The van der Waals surface area contributed by atoms with Crippen LogP contribution < -0.4 is 10.1 Å². The van der Waals surface area contributed by atoms with E-state index >= 15 is 0 Å². The van der Waals surface area contributed by atoms with Gasteiger partial charge in [-0.2, -0.15) is 0 Å². The Morgan fingerprint density at radius 2 is 2.31 bits per heavy atom. The largest absolute Gasteiger partial charge is 0.492 e. The Bertz CT molecular complexity index is 330. The molecule has 2 rings (SSSR count). The molecule has 0 fully saturated rings. The number of ether oxygens (including phenoxy) is 1. The second-order valence-corrected chi connectivity index (χ2v) is 4.49. The van der Waals surface area contributed by atoms with E-state index in [2.05, 4.69) is 27.9 Å². The van der Waals surface area contributed by atoms with Gasteiger partial charge in [-0.05, 0) is 34.7 Å². The number of fused-ring (bicyclic) bond motifs is 1. The first-order valence-corrected chi connectivity index (χ1v) is 5.54. The highest BCUT2D eigenvalue weighted by molar-refractivity contribution is 14.1. The third-order valence-corrected chi connectivity index (χ3v) is 3.14. The molecule has 0 unspecified atom stereocenters. The quantitative estimate of drug-likeness (QED) is 0.743. The molecule has 0 spiro atoms. The Balaban J connectivity index is 2.47. The molecule has 70 valence electrons. The molecule has 2 nitrogen and oxygen atoms in total. The van der Waals surface area contributed by atoms with E-state index in [0.717, 1.165) is 27.4 Å². The minimum absolute atomic E-state index is 0.712. The van der Waals surface area contributed by atoms with Crippen LogP contribution in [0.4, 0.5) is 0 Å². The Hall–Kier alpha value is -0.000000000000000132. The molecule has 1 heterocycles. The summed E-state index contributed by atoms with van der Waals surface area (Å²) < 4.78 is 6.72. The van der Waals surface area contributed by atoms with Crippen molar-refractivity contribution < 1.29 is 4.74 Å². The van der Waals surface area contributed by atoms with Crippen molar-refractivity contribution in [3.05, 3.63) is 26.3 Å². The fourth-order valence-corrected chi connectivity index (χ4v) is 2.51. The fourth-order valence-electron chi connectivity index (χ4n) is 1.33. The Morgan fingerprint density at radius 3 is 3.15 bits per heavy atom. The molecule has 0 saturated heterocycles. The van der Waals surface area contributed by atoms with Gasteiger partial charge in [0, 0.05) is 27.2 Å². The molecule has 0 atom stereocenters. The molecule has 0 aliphatic carbocycles. The smallest absolute Gasteiger partial charge is 0.126 e. The predicted molar refractivity (Wildman–Crippen MR) is 61.4 cm³/mol. The van der Waals surface area contributed by atoms with Gasteiger partial charge in [-0.25, -0.2) is 0 Å². The van der Waals surface area contributed by atoms with Crippen LogP contribution in [0.2, 0.25) is 5.02 Å². The standard InChI is InChI=1S/C9H9ClINO/c10-6-3-8(11)7-5-12-1-2-13-9(7)4-6/h3-4,12H,1-2,5H2. The van der Waals surface area contributed by atoms with E-state index in [1.54, 1.807) is 0 Å². The van der Waals surface area contributed by atoms with Crippen molar-refractivity contribution in [2.75, 3.05) is 13.2 Å². The molecular formula is C9H9ClINO. The topological polar surface area (TPSA) is 21.3 Å². The zero-order valence-electron chi connectivity index (χ0n) is 6.94. The summed E-state index contributed by atoms with van der Waals surface area (Å²) in [5.41, 5.74) is 1.21. The van der Waals surface area contributed by atoms with E-state index in [1.165, 1.54) is 5.56 Å². The summed E-state index contributed by atoms with van der Waals surface area (Å²) in [5, 5.41) is 4.03. The highest BCUT2D eigenvalue weighted by Crippen LogP contribution is 2.29. The SMILES string of the molecule is Clc1cc(I)c2c(c1)OCCNC2. The molecule has 0 saturated carbocycles. The van der Waals surface area contributed by atoms with Gasteiger partial charge in [0.25, 0.3) is 0 Å². The van der Waals surface area contributed by atoms with Crippen LogP contribution in [0.3, 0.4) is 0 Å². The molecule has 1 aliphatic heterocycles.